The van der Waals surface area contributed by atoms with E-state index in [4.69, 9.17) is 23.2 Å². The molecule has 1 aliphatic carbocycles. The molecule has 1 heterocycles. The molecule has 0 amide bonds. The lowest BCUT2D eigenvalue weighted by Gasteiger charge is -2.07. The molecule has 6 heteroatoms. The van der Waals surface area contributed by atoms with Crippen LogP contribution in [0, 0.1) is 5.92 Å². The summed E-state index contributed by atoms with van der Waals surface area (Å²) in [5, 5.41) is 8.51. The van der Waals surface area contributed by atoms with Crippen LogP contribution in [0.15, 0.2) is 5.03 Å². The van der Waals surface area contributed by atoms with Crippen LogP contribution in [-0.2, 0) is 0 Å². The minimum atomic E-state index is 0.160. The maximum Gasteiger partial charge on any atom is 0.244 e. The smallest absolute Gasteiger partial charge is 0.207 e. The summed E-state index contributed by atoms with van der Waals surface area (Å²) in [6.07, 6.45) is 5.33. The topological polar surface area (TPSA) is 38.7 Å². The van der Waals surface area contributed by atoms with Crippen LogP contribution in [-0.4, -0.2) is 20.9 Å². The van der Waals surface area contributed by atoms with Crippen molar-refractivity contribution in [2.75, 3.05) is 5.75 Å². The Morgan fingerprint density at radius 3 is 2.67 bits per heavy atom. The van der Waals surface area contributed by atoms with Gasteiger partial charge in [0.25, 0.3) is 0 Å². The predicted molar refractivity (Wildman–Crippen MR) is 62.5 cm³/mol. The zero-order valence-corrected chi connectivity index (χ0v) is 10.4. The van der Waals surface area contributed by atoms with Crippen LogP contribution in [0.3, 0.4) is 0 Å². The Morgan fingerprint density at radius 2 is 1.93 bits per heavy atom. The number of nitrogens with zero attached hydrogens (tertiary/aromatic N) is 3. The van der Waals surface area contributed by atoms with Gasteiger partial charge in [-0.05, 0) is 30.4 Å². The lowest BCUT2D eigenvalue weighted by Crippen LogP contribution is -1.99. The fourth-order valence-electron chi connectivity index (χ4n) is 1.75. The van der Waals surface area contributed by atoms with Gasteiger partial charge in [0.15, 0.2) is 5.15 Å². The zero-order valence-electron chi connectivity index (χ0n) is 8.12. The van der Waals surface area contributed by atoms with Crippen molar-refractivity contribution < 1.29 is 0 Å². The first-order valence-electron chi connectivity index (χ1n) is 4.94. The standard InChI is InChI=1S/C9H11Cl2N3S/c10-7-8(12-9(11)14-13-7)15-5-6-3-1-2-4-6/h6H,1-5H2. The third-order valence-electron chi connectivity index (χ3n) is 2.52. The highest BCUT2D eigenvalue weighted by Gasteiger charge is 2.16. The molecule has 1 aromatic heterocycles. The maximum absolute atomic E-state index is 5.87. The number of hydrogen-bond acceptors (Lipinski definition) is 4. The Morgan fingerprint density at radius 1 is 1.20 bits per heavy atom. The molecule has 0 radical (unpaired) electrons. The highest BCUT2D eigenvalue weighted by molar-refractivity contribution is 7.99. The van der Waals surface area contributed by atoms with Crippen molar-refractivity contribution in [3.05, 3.63) is 10.4 Å². The van der Waals surface area contributed by atoms with Crippen LogP contribution >= 0.6 is 35.0 Å². The molecule has 1 saturated carbocycles. The molecule has 82 valence electrons. The molecule has 0 N–H and O–H groups in total. The monoisotopic (exact) mass is 263 g/mol. The summed E-state index contributed by atoms with van der Waals surface area (Å²) in [5.41, 5.74) is 0. The molecule has 0 saturated heterocycles. The summed E-state index contributed by atoms with van der Waals surface area (Å²) in [6.45, 7) is 0. The van der Waals surface area contributed by atoms with Gasteiger partial charge in [0.2, 0.25) is 5.28 Å². The molecule has 0 aromatic carbocycles. The Labute approximate surface area is 103 Å². The minimum Gasteiger partial charge on any atom is -0.207 e. The van der Waals surface area contributed by atoms with Gasteiger partial charge in [0.05, 0.1) is 0 Å². The fourth-order valence-corrected chi connectivity index (χ4v) is 3.20. The van der Waals surface area contributed by atoms with E-state index in [1.54, 1.807) is 11.8 Å². The molecule has 0 atom stereocenters. The van der Waals surface area contributed by atoms with E-state index < -0.39 is 0 Å². The lowest BCUT2D eigenvalue weighted by atomic mass is 10.1. The van der Waals surface area contributed by atoms with E-state index >= 15 is 0 Å². The third-order valence-corrected chi connectivity index (χ3v) is 4.24. The lowest BCUT2D eigenvalue weighted by molar-refractivity contribution is 0.622. The van der Waals surface area contributed by atoms with Crippen LogP contribution in [0.1, 0.15) is 25.7 Å². The molecule has 2 rings (SSSR count). The molecular weight excluding hydrogens is 253 g/mol. The van der Waals surface area contributed by atoms with Crippen molar-refractivity contribution in [1.82, 2.24) is 15.2 Å². The van der Waals surface area contributed by atoms with Gasteiger partial charge in [-0.25, -0.2) is 4.98 Å². The first-order valence-corrected chi connectivity index (χ1v) is 6.68. The first kappa shape index (κ1) is 11.4. The van der Waals surface area contributed by atoms with Gasteiger partial charge < -0.3 is 0 Å². The maximum atomic E-state index is 5.87. The summed E-state index contributed by atoms with van der Waals surface area (Å²) in [4.78, 5) is 4.06. The van der Waals surface area contributed by atoms with Gasteiger partial charge in [0, 0.05) is 5.75 Å². The van der Waals surface area contributed by atoms with Crippen molar-refractivity contribution >= 4 is 35.0 Å². The van der Waals surface area contributed by atoms with E-state index in [2.05, 4.69) is 15.2 Å². The van der Waals surface area contributed by atoms with Crippen molar-refractivity contribution in [1.29, 1.82) is 0 Å². The van der Waals surface area contributed by atoms with E-state index in [9.17, 15) is 0 Å². The van der Waals surface area contributed by atoms with E-state index in [1.165, 1.54) is 25.7 Å². The van der Waals surface area contributed by atoms with Crippen molar-refractivity contribution in [3.8, 4) is 0 Å². The van der Waals surface area contributed by atoms with E-state index in [0.29, 0.717) is 10.2 Å². The second-order valence-corrected chi connectivity index (χ2v) is 5.34. The molecule has 1 fully saturated rings. The van der Waals surface area contributed by atoms with Crippen LogP contribution in [0.4, 0.5) is 0 Å². The molecule has 0 aliphatic heterocycles. The summed E-state index contributed by atoms with van der Waals surface area (Å²) in [5.74, 6) is 1.84. The Kier molecular flexibility index (Phi) is 4.05. The van der Waals surface area contributed by atoms with Gasteiger partial charge >= 0.3 is 0 Å². The molecular formula is C9H11Cl2N3S. The molecule has 3 nitrogen and oxygen atoms in total. The van der Waals surface area contributed by atoms with Crippen molar-refractivity contribution in [2.45, 2.75) is 30.7 Å². The number of thioether (sulfide) groups is 1. The van der Waals surface area contributed by atoms with Gasteiger partial charge in [-0.2, -0.15) is 0 Å². The number of rotatable bonds is 3. The van der Waals surface area contributed by atoms with Crippen molar-refractivity contribution in [2.24, 2.45) is 5.92 Å². The van der Waals surface area contributed by atoms with Gasteiger partial charge in [-0.1, -0.05) is 24.4 Å². The normalized spacial score (nSPS) is 17.2. The quantitative estimate of drug-likeness (QED) is 0.783. The number of halogens is 2. The van der Waals surface area contributed by atoms with E-state index in [1.807, 2.05) is 0 Å². The molecule has 0 unspecified atom stereocenters. The summed E-state index contributed by atoms with van der Waals surface area (Å²) in [6, 6.07) is 0. The third kappa shape index (κ3) is 3.20. The van der Waals surface area contributed by atoms with Gasteiger partial charge in [-0.3, -0.25) is 0 Å². The average molecular weight is 264 g/mol. The van der Waals surface area contributed by atoms with Crippen LogP contribution in [0.2, 0.25) is 10.4 Å². The van der Waals surface area contributed by atoms with Gasteiger partial charge in [-0.15, -0.1) is 22.0 Å². The second-order valence-electron chi connectivity index (χ2n) is 3.64. The highest BCUT2D eigenvalue weighted by atomic mass is 35.5. The molecule has 0 bridgehead atoms. The summed E-state index contributed by atoms with van der Waals surface area (Å²) in [7, 11) is 0. The van der Waals surface area contributed by atoms with Crippen LogP contribution in [0.5, 0.6) is 0 Å². The van der Waals surface area contributed by atoms with Gasteiger partial charge in [0.1, 0.15) is 5.03 Å². The summed E-state index contributed by atoms with van der Waals surface area (Å²) >= 11 is 13.2. The molecule has 1 aliphatic rings. The van der Waals surface area contributed by atoms with Crippen LogP contribution < -0.4 is 0 Å². The van der Waals surface area contributed by atoms with Crippen LogP contribution in [0.25, 0.3) is 0 Å². The average Bonchev–Trinajstić information content (AvgIpc) is 2.72. The highest BCUT2D eigenvalue weighted by Crippen LogP contribution is 2.32. The largest absolute Gasteiger partial charge is 0.244 e. The number of hydrogen-bond donors (Lipinski definition) is 0. The zero-order chi connectivity index (χ0) is 10.7. The minimum absolute atomic E-state index is 0.160. The molecule has 0 spiro atoms. The predicted octanol–water partition coefficient (Wildman–Crippen LogP) is 3.46. The van der Waals surface area contributed by atoms with Crippen molar-refractivity contribution in [3.63, 3.8) is 0 Å². The Balaban J connectivity index is 1.94. The summed E-state index contributed by atoms with van der Waals surface area (Å²) < 4.78 is 0. The molecule has 15 heavy (non-hydrogen) atoms. The Hall–Kier alpha value is -0.0600. The SMILES string of the molecule is Clc1nnc(Cl)c(SCC2CCCC2)n1. The first-order chi connectivity index (χ1) is 7.25. The van der Waals surface area contributed by atoms with E-state index in [-0.39, 0.29) is 5.28 Å². The number of aromatic nitrogens is 3. The molecule has 1 aromatic rings. The second kappa shape index (κ2) is 5.32. The Bertz CT molecular complexity index is 342. The van der Waals surface area contributed by atoms with E-state index in [0.717, 1.165) is 11.7 Å². The fraction of sp³-hybridized carbons (Fsp3) is 0.667.